The molecule has 0 spiro atoms. The number of benzene rings is 3. The molecule has 37 heavy (non-hydrogen) atoms. The second kappa shape index (κ2) is 10.5. The minimum Gasteiger partial charge on any atom is -0.450 e. The zero-order valence-electron chi connectivity index (χ0n) is 19.6. The van der Waals surface area contributed by atoms with Gasteiger partial charge in [-0.15, -0.1) is 0 Å². The number of hydrogen-bond donors (Lipinski definition) is 1. The Morgan fingerprint density at radius 2 is 1.54 bits per heavy atom. The minimum absolute atomic E-state index is 0.0864. The lowest BCUT2D eigenvalue weighted by Crippen LogP contribution is -2.40. The molecule has 1 aromatic heterocycles. The van der Waals surface area contributed by atoms with Gasteiger partial charge in [-0.05, 0) is 60.7 Å². The van der Waals surface area contributed by atoms with E-state index in [9.17, 15) is 18.0 Å². The molecule has 1 aliphatic rings. The van der Waals surface area contributed by atoms with Crippen LogP contribution in [-0.2, 0) is 14.8 Å². The van der Waals surface area contributed by atoms with Crippen LogP contribution < -0.4 is 5.32 Å². The van der Waals surface area contributed by atoms with Gasteiger partial charge in [0.2, 0.25) is 15.8 Å². The van der Waals surface area contributed by atoms with E-state index in [0.717, 1.165) is 0 Å². The Bertz CT molecular complexity index is 1560. The van der Waals surface area contributed by atoms with E-state index >= 15 is 0 Å². The van der Waals surface area contributed by atoms with Gasteiger partial charge in [-0.25, -0.2) is 8.42 Å². The molecule has 0 atom stereocenters. The zero-order chi connectivity index (χ0) is 26.0. The predicted molar refractivity (Wildman–Crippen MR) is 140 cm³/mol. The highest BCUT2D eigenvalue weighted by Crippen LogP contribution is 2.32. The van der Waals surface area contributed by atoms with Gasteiger partial charge in [-0.1, -0.05) is 23.7 Å². The second-order valence-electron chi connectivity index (χ2n) is 8.46. The van der Waals surface area contributed by atoms with Crippen molar-refractivity contribution in [3.63, 3.8) is 0 Å². The van der Waals surface area contributed by atoms with Crippen LogP contribution in [0.3, 0.4) is 0 Å². The standard InChI is InChI=1S/C27H23ClN2O6S/c28-20-9-5-19(6-10-20)26(32)27-25(22-3-1-2-4-24(22)36-27)29-17-23(31)18-7-11-21(12-8-18)37(33,34)30-13-15-35-16-14-30/h1-12,29H,13-17H2. The number of carbonyl (C=O) groups excluding carboxylic acids is 2. The minimum atomic E-state index is -3.65. The Morgan fingerprint density at radius 1 is 0.892 bits per heavy atom. The van der Waals surface area contributed by atoms with Gasteiger partial charge in [-0.2, -0.15) is 4.31 Å². The third-order valence-corrected chi connectivity index (χ3v) is 8.28. The number of sulfonamides is 1. The molecule has 190 valence electrons. The number of hydrogen-bond acceptors (Lipinski definition) is 7. The molecule has 4 aromatic rings. The number of nitrogens with one attached hydrogen (secondary N) is 1. The van der Waals surface area contributed by atoms with E-state index in [1.165, 1.54) is 28.6 Å². The van der Waals surface area contributed by atoms with Crippen molar-refractivity contribution < 1.29 is 27.2 Å². The van der Waals surface area contributed by atoms with Crippen molar-refractivity contribution in [2.45, 2.75) is 4.90 Å². The quantitative estimate of drug-likeness (QED) is 0.326. The second-order valence-corrected chi connectivity index (χ2v) is 10.8. The Morgan fingerprint density at radius 3 is 2.24 bits per heavy atom. The highest BCUT2D eigenvalue weighted by molar-refractivity contribution is 7.89. The summed E-state index contributed by atoms with van der Waals surface area (Å²) in [5, 5.41) is 4.24. The summed E-state index contributed by atoms with van der Waals surface area (Å²) >= 11 is 5.95. The number of anilines is 1. The summed E-state index contributed by atoms with van der Waals surface area (Å²) in [6, 6.07) is 19.5. The Balaban J connectivity index is 1.35. The van der Waals surface area contributed by atoms with Crippen LogP contribution in [0, 0.1) is 0 Å². The van der Waals surface area contributed by atoms with Crippen LogP contribution in [0.15, 0.2) is 82.1 Å². The zero-order valence-corrected chi connectivity index (χ0v) is 21.2. The molecule has 1 aliphatic heterocycles. The van der Waals surface area contributed by atoms with E-state index in [4.69, 9.17) is 20.8 Å². The van der Waals surface area contributed by atoms with E-state index in [-0.39, 0.29) is 28.8 Å². The molecule has 0 aliphatic carbocycles. The predicted octanol–water partition coefficient (Wildman–Crippen LogP) is 4.63. The number of para-hydroxylation sites is 1. The molecule has 1 fully saturated rings. The molecule has 2 heterocycles. The largest absolute Gasteiger partial charge is 0.450 e. The molecule has 8 nitrogen and oxygen atoms in total. The van der Waals surface area contributed by atoms with Crippen molar-refractivity contribution in [3.05, 3.63) is 94.7 Å². The van der Waals surface area contributed by atoms with Crippen LogP contribution in [0.5, 0.6) is 0 Å². The molecule has 0 saturated carbocycles. The van der Waals surface area contributed by atoms with Gasteiger partial charge in [0, 0.05) is 34.6 Å². The Kier molecular flexibility index (Phi) is 7.12. The number of ketones is 2. The number of ether oxygens (including phenoxy) is 1. The summed E-state index contributed by atoms with van der Waals surface area (Å²) in [5.74, 6) is -0.533. The maximum absolute atomic E-state index is 13.2. The molecule has 10 heteroatoms. The maximum atomic E-state index is 13.2. The lowest BCUT2D eigenvalue weighted by Gasteiger charge is -2.26. The summed E-state index contributed by atoms with van der Waals surface area (Å²) in [6.07, 6.45) is 0. The molecule has 0 unspecified atom stereocenters. The first-order valence-electron chi connectivity index (χ1n) is 11.6. The number of nitrogens with zero attached hydrogens (tertiary/aromatic N) is 1. The number of furan rings is 1. The lowest BCUT2D eigenvalue weighted by molar-refractivity contribution is 0.0730. The molecule has 5 rings (SSSR count). The van der Waals surface area contributed by atoms with Crippen molar-refractivity contribution >= 4 is 49.8 Å². The Hall–Kier alpha value is -3.50. The number of fused-ring (bicyclic) bond motifs is 1. The highest BCUT2D eigenvalue weighted by Gasteiger charge is 2.27. The maximum Gasteiger partial charge on any atom is 0.243 e. The third kappa shape index (κ3) is 5.17. The monoisotopic (exact) mass is 538 g/mol. The molecule has 1 saturated heterocycles. The number of Topliss-reactive ketones (excluding diaryl/α,β-unsaturated/α-hetero) is 1. The lowest BCUT2D eigenvalue weighted by atomic mass is 10.1. The van der Waals surface area contributed by atoms with Crippen LogP contribution in [0.2, 0.25) is 5.02 Å². The van der Waals surface area contributed by atoms with Gasteiger partial charge in [0.15, 0.2) is 11.5 Å². The average Bonchev–Trinajstić information content (AvgIpc) is 3.31. The van der Waals surface area contributed by atoms with Crippen molar-refractivity contribution in [2.75, 3.05) is 38.2 Å². The van der Waals surface area contributed by atoms with Gasteiger partial charge in [0.05, 0.1) is 30.3 Å². The first-order valence-corrected chi connectivity index (χ1v) is 13.4. The summed E-state index contributed by atoms with van der Waals surface area (Å²) in [7, 11) is -3.65. The highest BCUT2D eigenvalue weighted by atomic mass is 35.5. The number of morpholine rings is 1. The SMILES string of the molecule is O=C(CNc1c(C(=O)c2ccc(Cl)cc2)oc2ccccc12)c1ccc(S(=O)(=O)N2CCOCC2)cc1. The van der Waals surface area contributed by atoms with Crippen LogP contribution in [0.1, 0.15) is 26.5 Å². The molecule has 0 radical (unpaired) electrons. The molecular formula is C27H23ClN2O6S. The summed E-state index contributed by atoms with van der Waals surface area (Å²) in [5.41, 5.74) is 1.66. The fraction of sp³-hybridized carbons (Fsp3) is 0.185. The van der Waals surface area contributed by atoms with Gasteiger partial charge in [0.1, 0.15) is 5.58 Å². The normalized spacial score (nSPS) is 14.5. The van der Waals surface area contributed by atoms with Crippen LogP contribution in [0.4, 0.5) is 5.69 Å². The summed E-state index contributed by atoms with van der Waals surface area (Å²) in [4.78, 5) is 26.3. The smallest absolute Gasteiger partial charge is 0.243 e. The number of halogens is 1. The molecule has 0 amide bonds. The number of carbonyl (C=O) groups is 2. The van der Waals surface area contributed by atoms with E-state index in [2.05, 4.69) is 5.32 Å². The van der Waals surface area contributed by atoms with Crippen LogP contribution >= 0.6 is 11.6 Å². The first kappa shape index (κ1) is 25.2. The van der Waals surface area contributed by atoms with Crippen molar-refractivity contribution in [1.82, 2.24) is 4.31 Å². The fourth-order valence-corrected chi connectivity index (χ4v) is 5.67. The van der Waals surface area contributed by atoms with Gasteiger partial charge < -0.3 is 14.5 Å². The molecular weight excluding hydrogens is 516 g/mol. The van der Waals surface area contributed by atoms with Crippen molar-refractivity contribution in [3.8, 4) is 0 Å². The topological polar surface area (TPSA) is 106 Å². The Labute approximate surface area is 218 Å². The fourth-order valence-electron chi connectivity index (χ4n) is 4.13. The third-order valence-electron chi connectivity index (χ3n) is 6.12. The molecule has 1 N–H and O–H groups in total. The van der Waals surface area contributed by atoms with E-state index in [0.29, 0.717) is 59.1 Å². The number of rotatable bonds is 8. The summed E-state index contributed by atoms with van der Waals surface area (Å²) < 4.78 is 38.1. The van der Waals surface area contributed by atoms with Crippen molar-refractivity contribution in [1.29, 1.82) is 0 Å². The molecule has 3 aromatic carbocycles. The average molecular weight is 539 g/mol. The summed E-state index contributed by atoms with van der Waals surface area (Å²) in [6.45, 7) is 1.17. The van der Waals surface area contributed by atoms with Gasteiger partial charge in [-0.3, -0.25) is 9.59 Å². The van der Waals surface area contributed by atoms with Crippen LogP contribution in [0.25, 0.3) is 11.0 Å². The molecule has 0 bridgehead atoms. The van der Waals surface area contributed by atoms with Gasteiger partial charge >= 0.3 is 0 Å². The van der Waals surface area contributed by atoms with Crippen LogP contribution in [-0.4, -0.2) is 57.1 Å². The van der Waals surface area contributed by atoms with Gasteiger partial charge in [0.25, 0.3) is 0 Å². The van der Waals surface area contributed by atoms with Crippen molar-refractivity contribution in [2.24, 2.45) is 0 Å². The van der Waals surface area contributed by atoms with E-state index < -0.39 is 10.0 Å². The first-order chi connectivity index (χ1) is 17.8. The van der Waals surface area contributed by atoms with E-state index in [1.807, 2.05) is 6.07 Å². The van der Waals surface area contributed by atoms with E-state index in [1.54, 1.807) is 42.5 Å².